The summed E-state index contributed by atoms with van der Waals surface area (Å²) in [7, 11) is 3.98. The summed E-state index contributed by atoms with van der Waals surface area (Å²) in [6, 6.07) is 7.78. The Morgan fingerprint density at radius 3 is 2.75 bits per heavy atom. The van der Waals surface area contributed by atoms with Crippen molar-refractivity contribution in [2.75, 3.05) is 27.2 Å². The number of amides is 1. The minimum atomic E-state index is -0.139. The molecule has 3 rings (SSSR count). The van der Waals surface area contributed by atoms with Gasteiger partial charge in [0.25, 0.3) is 5.91 Å². The number of carbonyl (C=O) groups is 1. The van der Waals surface area contributed by atoms with E-state index in [2.05, 4.69) is 9.88 Å². The van der Waals surface area contributed by atoms with Crippen LogP contribution in [-0.2, 0) is 6.54 Å². The lowest BCUT2D eigenvalue weighted by Gasteiger charge is -2.30. The van der Waals surface area contributed by atoms with Crippen LogP contribution in [0.3, 0.4) is 0 Å². The zero-order valence-corrected chi connectivity index (χ0v) is 14.6. The average molecular weight is 329 g/mol. The molecule has 1 atom stereocenters. The number of oxazole rings is 1. The number of nitrogens with zero attached hydrogens (tertiary/aromatic N) is 3. The largest absolute Gasteiger partial charge is 0.491 e. The highest BCUT2D eigenvalue weighted by atomic mass is 16.5. The molecule has 1 aliphatic heterocycles. The summed E-state index contributed by atoms with van der Waals surface area (Å²) in [5, 5.41) is 0. The Balaban J connectivity index is 1.96. The molecule has 1 aromatic heterocycles. The second kappa shape index (κ2) is 6.65. The number of aryl methyl sites for hydroxylation is 2. The van der Waals surface area contributed by atoms with Crippen LogP contribution >= 0.6 is 0 Å². The number of hydrogen-bond acceptors (Lipinski definition) is 5. The Hall–Kier alpha value is -2.34. The molecule has 0 unspecified atom stereocenters. The van der Waals surface area contributed by atoms with Gasteiger partial charge < -0.3 is 19.0 Å². The molecule has 1 aliphatic rings. The van der Waals surface area contributed by atoms with Crippen molar-refractivity contribution in [3.63, 3.8) is 0 Å². The molecule has 0 aliphatic carbocycles. The first kappa shape index (κ1) is 16.5. The lowest BCUT2D eigenvalue weighted by Crippen LogP contribution is -2.47. The van der Waals surface area contributed by atoms with Gasteiger partial charge in [0.2, 0.25) is 5.76 Å². The molecule has 0 bridgehead atoms. The van der Waals surface area contributed by atoms with Crippen molar-refractivity contribution in [2.24, 2.45) is 0 Å². The fraction of sp³-hybridized carbons (Fsp3) is 0.444. The van der Waals surface area contributed by atoms with Gasteiger partial charge in [0, 0.05) is 19.0 Å². The number of ether oxygens (including phenoxy) is 1. The predicted molar refractivity (Wildman–Crippen MR) is 90.1 cm³/mol. The average Bonchev–Trinajstić information content (AvgIpc) is 2.77. The van der Waals surface area contributed by atoms with Crippen molar-refractivity contribution in [3.05, 3.63) is 47.2 Å². The minimum Gasteiger partial charge on any atom is -0.491 e. The minimum absolute atomic E-state index is 0.0651. The van der Waals surface area contributed by atoms with Crippen LogP contribution in [0.2, 0.25) is 0 Å². The highest BCUT2D eigenvalue weighted by Crippen LogP contribution is 2.27. The summed E-state index contributed by atoms with van der Waals surface area (Å²) < 4.78 is 11.5. The first-order chi connectivity index (χ1) is 11.5. The van der Waals surface area contributed by atoms with E-state index in [0.29, 0.717) is 37.0 Å². The summed E-state index contributed by atoms with van der Waals surface area (Å²) in [5.74, 6) is 1.52. The molecule has 1 amide bonds. The Kier molecular flexibility index (Phi) is 4.57. The highest BCUT2D eigenvalue weighted by molar-refractivity contribution is 5.92. The molecule has 0 saturated carbocycles. The molecule has 128 valence electrons. The summed E-state index contributed by atoms with van der Waals surface area (Å²) in [6.45, 7) is 5.21. The van der Waals surface area contributed by atoms with Gasteiger partial charge in [-0.15, -0.1) is 0 Å². The maximum Gasteiger partial charge on any atom is 0.292 e. The number of fused-ring (bicyclic) bond motifs is 1. The van der Waals surface area contributed by atoms with Gasteiger partial charge in [-0.1, -0.05) is 18.2 Å². The van der Waals surface area contributed by atoms with Crippen LogP contribution in [0.25, 0.3) is 0 Å². The van der Waals surface area contributed by atoms with E-state index in [9.17, 15) is 4.79 Å². The first-order valence-electron chi connectivity index (χ1n) is 8.06. The molecule has 0 fully saturated rings. The van der Waals surface area contributed by atoms with E-state index in [1.54, 1.807) is 13.8 Å². The van der Waals surface area contributed by atoms with Crippen molar-refractivity contribution in [1.82, 2.24) is 14.8 Å². The number of para-hydroxylation sites is 1. The third-order valence-electron chi connectivity index (χ3n) is 4.12. The second-order valence-electron chi connectivity index (χ2n) is 6.42. The molecule has 0 spiro atoms. The van der Waals surface area contributed by atoms with Crippen LogP contribution in [0.1, 0.15) is 27.7 Å². The quantitative estimate of drug-likeness (QED) is 0.864. The molecular formula is C18H23N3O3. The Bertz CT molecular complexity index is 739. The van der Waals surface area contributed by atoms with Gasteiger partial charge in [0.05, 0.1) is 18.3 Å². The molecule has 0 saturated heterocycles. The molecule has 6 heteroatoms. The van der Waals surface area contributed by atoms with Crippen LogP contribution in [-0.4, -0.2) is 54.0 Å². The van der Waals surface area contributed by atoms with Crippen LogP contribution in [0.5, 0.6) is 5.75 Å². The number of rotatable bonds is 3. The summed E-state index contributed by atoms with van der Waals surface area (Å²) >= 11 is 0. The van der Waals surface area contributed by atoms with E-state index in [4.69, 9.17) is 9.15 Å². The zero-order chi connectivity index (χ0) is 17.3. The van der Waals surface area contributed by atoms with E-state index in [-0.39, 0.29) is 11.9 Å². The number of carbonyl (C=O) groups excluding carboxylic acids is 1. The van der Waals surface area contributed by atoms with Gasteiger partial charge in [-0.05, 0) is 27.1 Å². The highest BCUT2D eigenvalue weighted by Gasteiger charge is 2.32. The molecule has 0 radical (unpaired) electrons. The molecule has 2 heterocycles. The number of aromatic nitrogens is 1. The summed E-state index contributed by atoms with van der Waals surface area (Å²) in [4.78, 5) is 21.2. The van der Waals surface area contributed by atoms with E-state index in [1.165, 1.54) is 0 Å². The maximum absolute atomic E-state index is 13.1. The Labute approximate surface area is 142 Å². The SMILES string of the molecule is Cc1nc(C)c(C(=O)N2Cc3ccccc3OC[C@@H]2CN(C)C)o1. The number of likely N-dealkylation sites (N-methyl/N-ethyl adjacent to an activating group) is 1. The van der Waals surface area contributed by atoms with E-state index in [0.717, 1.165) is 11.3 Å². The Morgan fingerprint density at radius 2 is 2.08 bits per heavy atom. The standard InChI is InChI=1S/C18H23N3O3/c1-12-17(24-13(2)19-12)18(22)21-9-14-7-5-6-8-16(14)23-11-15(21)10-20(3)4/h5-8,15H,9-11H2,1-4H3/t15-/m0/s1. The van der Waals surface area contributed by atoms with Gasteiger partial charge in [0.15, 0.2) is 5.89 Å². The molecule has 1 aromatic carbocycles. The molecule has 2 aromatic rings. The number of hydrogen-bond donors (Lipinski definition) is 0. The maximum atomic E-state index is 13.1. The van der Waals surface area contributed by atoms with Gasteiger partial charge in [-0.3, -0.25) is 4.79 Å². The van der Waals surface area contributed by atoms with Crippen molar-refractivity contribution < 1.29 is 13.9 Å². The predicted octanol–water partition coefficient (Wildman–Crippen LogP) is 2.26. The van der Waals surface area contributed by atoms with Gasteiger partial charge in [-0.25, -0.2) is 4.98 Å². The third kappa shape index (κ3) is 3.28. The van der Waals surface area contributed by atoms with E-state index >= 15 is 0 Å². The van der Waals surface area contributed by atoms with Crippen molar-refractivity contribution >= 4 is 5.91 Å². The van der Waals surface area contributed by atoms with Crippen LogP contribution in [0.15, 0.2) is 28.7 Å². The van der Waals surface area contributed by atoms with Crippen LogP contribution in [0.4, 0.5) is 0 Å². The van der Waals surface area contributed by atoms with Crippen molar-refractivity contribution in [3.8, 4) is 5.75 Å². The fourth-order valence-electron chi connectivity index (χ4n) is 3.03. The van der Waals surface area contributed by atoms with E-state index < -0.39 is 0 Å². The lowest BCUT2D eigenvalue weighted by molar-refractivity contribution is 0.0550. The Morgan fingerprint density at radius 1 is 1.33 bits per heavy atom. The van der Waals surface area contributed by atoms with Gasteiger partial charge in [0.1, 0.15) is 12.4 Å². The normalized spacial score (nSPS) is 17.4. The second-order valence-corrected chi connectivity index (χ2v) is 6.42. The van der Waals surface area contributed by atoms with Crippen molar-refractivity contribution in [1.29, 1.82) is 0 Å². The molecule has 0 N–H and O–H groups in total. The first-order valence-corrected chi connectivity index (χ1v) is 8.06. The lowest BCUT2D eigenvalue weighted by atomic mass is 10.1. The third-order valence-corrected chi connectivity index (χ3v) is 4.12. The van der Waals surface area contributed by atoms with Gasteiger partial charge in [-0.2, -0.15) is 0 Å². The molecular weight excluding hydrogens is 306 g/mol. The monoisotopic (exact) mass is 329 g/mol. The smallest absolute Gasteiger partial charge is 0.292 e. The zero-order valence-electron chi connectivity index (χ0n) is 14.6. The number of benzene rings is 1. The fourth-order valence-corrected chi connectivity index (χ4v) is 3.03. The van der Waals surface area contributed by atoms with Gasteiger partial charge >= 0.3 is 0 Å². The topological polar surface area (TPSA) is 58.8 Å². The van der Waals surface area contributed by atoms with E-state index in [1.807, 2.05) is 43.3 Å². The summed E-state index contributed by atoms with van der Waals surface area (Å²) in [5.41, 5.74) is 1.63. The molecule has 6 nitrogen and oxygen atoms in total. The van der Waals surface area contributed by atoms with Crippen LogP contribution < -0.4 is 4.74 Å². The molecule has 24 heavy (non-hydrogen) atoms. The van der Waals surface area contributed by atoms with Crippen LogP contribution in [0, 0.1) is 13.8 Å². The summed E-state index contributed by atoms with van der Waals surface area (Å²) in [6.07, 6.45) is 0. The van der Waals surface area contributed by atoms with Crippen molar-refractivity contribution in [2.45, 2.75) is 26.4 Å².